The van der Waals surface area contributed by atoms with Crippen LogP contribution in [0, 0.1) is 0 Å². The first-order valence-electron chi connectivity index (χ1n) is 22.9. The van der Waals surface area contributed by atoms with Gasteiger partial charge in [0.25, 0.3) is 0 Å². The van der Waals surface area contributed by atoms with Crippen molar-refractivity contribution in [1.29, 1.82) is 0 Å². The van der Waals surface area contributed by atoms with Crippen LogP contribution in [0.4, 0.5) is 0 Å². The van der Waals surface area contributed by atoms with E-state index in [4.69, 9.17) is 32.5 Å². The molecule has 0 unspecified atom stereocenters. The number of carboxylic acids is 3. The van der Waals surface area contributed by atoms with Crippen LogP contribution in [0.2, 0.25) is 0 Å². The molecule has 2 saturated heterocycles. The SMILES string of the molecule is NCCCCCCCCCCC(=O)O.NCCCCCCN.O=C(O)CCCCCCCC(=O)O.O=C1CCCCCCCCCCCN1.O=C1CCCCCN1. The summed E-state index contributed by atoms with van der Waals surface area (Å²) in [6, 6.07) is 0. The largest absolute Gasteiger partial charge is 0.481 e. The van der Waals surface area contributed by atoms with E-state index in [1.165, 1.54) is 96.3 Å². The predicted molar refractivity (Wildman–Crippen MR) is 233 cm³/mol. The molecule has 11 N–H and O–H groups in total. The van der Waals surface area contributed by atoms with Gasteiger partial charge in [-0.3, -0.25) is 24.0 Å². The molecule has 0 spiro atoms. The Bertz CT molecular complexity index is 860. The summed E-state index contributed by atoms with van der Waals surface area (Å²) in [5.74, 6) is -1.71. The maximum absolute atomic E-state index is 11.3. The summed E-state index contributed by atoms with van der Waals surface area (Å²) in [5, 5.41) is 30.8. The second-order valence-electron chi connectivity index (χ2n) is 15.3. The average molecular weight is 816 g/mol. The lowest BCUT2D eigenvalue weighted by molar-refractivity contribution is -0.138. The Kier molecular flexibility index (Phi) is 52.6. The predicted octanol–water partition coefficient (Wildman–Crippen LogP) is 8.58. The number of carboxylic acid groups (broad SMARTS) is 3. The number of carbonyl (C=O) groups excluding carboxylic acids is 2. The molecular formula is C44H89N5O8. The lowest BCUT2D eigenvalue weighted by Crippen LogP contribution is -2.23. The fourth-order valence-corrected chi connectivity index (χ4v) is 6.07. The van der Waals surface area contributed by atoms with Crippen LogP contribution in [0.3, 0.4) is 0 Å². The Balaban J connectivity index is -0.000000652. The van der Waals surface area contributed by atoms with E-state index >= 15 is 0 Å². The summed E-state index contributed by atoms with van der Waals surface area (Å²) < 4.78 is 0. The summed E-state index contributed by atoms with van der Waals surface area (Å²) in [7, 11) is 0. The molecule has 13 heteroatoms. The minimum Gasteiger partial charge on any atom is -0.481 e. The van der Waals surface area contributed by atoms with Gasteiger partial charge in [-0.05, 0) is 83.8 Å². The third-order valence-electron chi connectivity index (χ3n) is 9.59. The molecule has 2 heterocycles. The molecular weight excluding hydrogens is 727 g/mol. The van der Waals surface area contributed by atoms with Crippen LogP contribution in [0.5, 0.6) is 0 Å². The maximum Gasteiger partial charge on any atom is 0.303 e. The van der Waals surface area contributed by atoms with Gasteiger partial charge in [-0.15, -0.1) is 0 Å². The molecule has 13 nitrogen and oxygen atoms in total. The highest BCUT2D eigenvalue weighted by atomic mass is 16.4. The monoisotopic (exact) mass is 816 g/mol. The van der Waals surface area contributed by atoms with E-state index in [0.717, 1.165) is 123 Å². The third kappa shape index (κ3) is 62.6. The fraction of sp³-hybridized carbons (Fsp3) is 0.886. The van der Waals surface area contributed by atoms with Crippen molar-refractivity contribution in [3.8, 4) is 0 Å². The van der Waals surface area contributed by atoms with Crippen molar-refractivity contribution in [2.75, 3.05) is 32.7 Å². The van der Waals surface area contributed by atoms with Crippen LogP contribution in [0.25, 0.3) is 0 Å². The zero-order valence-corrected chi connectivity index (χ0v) is 36.2. The molecule has 2 aliphatic rings. The van der Waals surface area contributed by atoms with Crippen LogP contribution in [0.15, 0.2) is 0 Å². The van der Waals surface area contributed by atoms with E-state index in [2.05, 4.69) is 10.6 Å². The van der Waals surface area contributed by atoms with Gasteiger partial charge in [0, 0.05) is 45.2 Å². The number of nitrogens with two attached hydrogens (primary N) is 3. The highest BCUT2D eigenvalue weighted by molar-refractivity contribution is 5.76. The zero-order valence-electron chi connectivity index (χ0n) is 36.2. The number of carbonyl (C=O) groups is 5. The van der Waals surface area contributed by atoms with Crippen LogP contribution >= 0.6 is 0 Å². The number of aliphatic carboxylic acids is 3. The Morgan fingerprint density at radius 1 is 0.368 bits per heavy atom. The molecule has 2 rings (SSSR count). The molecule has 57 heavy (non-hydrogen) atoms. The third-order valence-corrected chi connectivity index (χ3v) is 9.59. The first-order valence-corrected chi connectivity index (χ1v) is 22.9. The highest BCUT2D eigenvalue weighted by Gasteiger charge is 2.04. The molecule has 0 aromatic heterocycles. The number of unbranched alkanes of at least 4 members (excludes halogenated alkanes) is 14. The van der Waals surface area contributed by atoms with Gasteiger partial charge in [0.15, 0.2) is 0 Å². The van der Waals surface area contributed by atoms with Crippen LogP contribution < -0.4 is 27.8 Å². The van der Waals surface area contributed by atoms with Gasteiger partial charge < -0.3 is 43.2 Å². The minimum absolute atomic E-state index is 0.221. The Hall–Kier alpha value is -2.77. The number of nitrogens with one attached hydrogen (secondary N) is 2. The van der Waals surface area contributed by atoms with Crippen molar-refractivity contribution in [1.82, 2.24) is 10.6 Å². The van der Waals surface area contributed by atoms with E-state index in [-0.39, 0.29) is 24.7 Å². The van der Waals surface area contributed by atoms with Crippen molar-refractivity contribution < 1.29 is 39.3 Å². The Morgan fingerprint density at radius 3 is 0.877 bits per heavy atom. The second-order valence-corrected chi connectivity index (χ2v) is 15.3. The number of hydrogen-bond acceptors (Lipinski definition) is 8. The quantitative estimate of drug-likeness (QED) is 0.0454. The lowest BCUT2D eigenvalue weighted by Gasteiger charge is -2.03. The summed E-state index contributed by atoms with van der Waals surface area (Å²) in [4.78, 5) is 52.2. The first-order chi connectivity index (χ1) is 27.6. The van der Waals surface area contributed by atoms with E-state index in [1.807, 2.05) is 0 Å². The summed E-state index contributed by atoms with van der Waals surface area (Å²) in [5.41, 5.74) is 15.9. The van der Waals surface area contributed by atoms with Crippen molar-refractivity contribution in [2.45, 2.75) is 218 Å². The van der Waals surface area contributed by atoms with Crippen molar-refractivity contribution in [3.05, 3.63) is 0 Å². The second kappa shape index (κ2) is 51.2. The molecule has 0 atom stereocenters. The number of hydrogen-bond donors (Lipinski definition) is 8. The molecule has 0 saturated carbocycles. The van der Waals surface area contributed by atoms with Crippen molar-refractivity contribution in [3.63, 3.8) is 0 Å². The van der Waals surface area contributed by atoms with Gasteiger partial charge in [-0.25, -0.2) is 0 Å². The van der Waals surface area contributed by atoms with E-state index < -0.39 is 17.9 Å². The minimum atomic E-state index is -0.759. The molecule has 0 aromatic rings. The Morgan fingerprint density at radius 2 is 0.596 bits per heavy atom. The fourth-order valence-electron chi connectivity index (χ4n) is 6.07. The number of amides is 2. The van der Waals surface area contributed by atoms with Gasteiger partial charge in [0.1, 0.15) is 0 Å². The molecule has 0 bridgehead atoms. The van der Waals surface area contributed by atoms with Gasteiger partial charge >= 0.3 is 17.9 Å². The summed E-state index contributed by atoms with van der Waals surface area (Å²) >= 11 is 0. The standard InChI is InChI=1S/C12H23NO.C11H23NO2.C9H16O4.C6H16N2.C6H11NO/c14-12-10-8-6-4-2-1-3-5-7-9-11-13-12;12-10-8-6-4-2-1-3-5-7-9-11(13)14;10-8(11)6-4-2-1-3-5-7-9(12)13;7-5-3-1-2-4-6-8;8-6-4-2-1-3-5-7-6/h1-11H2,(H,13,14);1-10,12H2,(H,13,14);1-7H2,(H,10,11)(H,12,13);1-8H2;1-5H2,(H,7,8). The van der Waals surface area contributed by atoms with Gasteiger partial charge in [0.05, 0.1) is 0 Å². The molecule has 0 aliphatic carbocycles. The van der Waals surface area contributed by atoms with Crippen LogP contribution in [-0.4, -0.2) is 77.8 Å². The number of rotatable bonds is 23. The first kappa shape index (κ1) is 58.5. The summed E-state index contributed by atoms with van der Waals surface area (Å²) in [6.45, 7) is 4.23. The molecule has 2 fully saturated rings. The van der Waals surface area contributed by atoms with E-state index in [9.17, 15) is 24.0 Å². The lowest BCUT2D eigenvalue weighted by atomic mass is 10.1. The molecule has 2 amide bonds. The molecule has 0 aromatic carbocycles. The molecule has 2 aliphatic heterocycles. The van der Waals surface area contributed by atoms with E-state index in [0.29, 0.717) is 19.3 Å². The van der Waals surface area contributed by atoms with Crippen molar-refractivity contribution >= 4 is 29.7 Å². The van der Waals surface area contributed by atoms with Gasteiger partial charge in [0.2, 0.25) is 11.8 Å². The van der Waals surface area contributed by atoms with Crippen molar-refractivity contribution in [2.24, 2.45) is 17.2 Å². The van der Waals surface area contributed by atoms with Crippen LogP contribution in [0.1, 0.15) is 218 Å². The Labute approximate surface area is 347 Å². The van der Waals surface area contributed by atoms with Gasteiger partial charge in [-0.2, -0.15) is 0 Å². The van der Waals surface area contributed by atoms with E-state index in [1.54, 1.807) is 0 Å². The normalized spacial score (nSPS) is 14.8. The molecule has 338 valence electrons. The maximum atomic E-state index is 11.3. The topological polar surface area (TPSA) is 248 Å². The average Bonchev–Trinajstić information content (AvgIpc) is 3.42. The smallest absolute Gasteiger partial charge is 0.303 e. The van der Waals surface area contributed by atoms with Crippen LogP contribution in [-0.2, 0) is 24.0 Å². The zero-order chi connectivity index (χ0) is 42.9. The molecule has 0 radical (unpaired) electrons. The van der Waals surface area contributed by atoms with Gasteiger partial charge in [-0.1, -0.05) is 122 Å². The highest BCUT2D eigenvalue weighted by Crippen LogP contribution is 2.12. The summed E-state index contributed by atoms with van der Waals surface area (Å²) in [6.07, 6.45) is 35.3.